The van der Waals surface area contributed by atoms with Crippen LogP contribution in [0.5, 0.6) is 0 Å². The van der Waals surface area contributed by atoms with Gasteiger partial charge < -0.3 is 20.4 Å². The fourth-order valence-electron chi connectivity index (χ4n) is 2.20. The van der Waals surface area contributed by atoms with E-state index in [-0.39, 0.29) is 0 Å². The molecule has 0 saturated carbocycles. The molecule has 0 amide bonds. The molecule has 1 aliphatic rings. The SMILES string of the molecule is CNc1c(N)cc(C#N)cc1B1OC(C)(C)C(C)(C)O1. The van der Waals surface area contributed by atoms with Gasteiger partial charge in [-0.15, -0.1) is 0 Å². The summed E-state index contributed by atoms with van der Waals surface area (Å²) in [6.45, 7) is 7.96. The van der Waals surface area contributed by atoms with E-state index in [4.69, 9.17) is 20.3 Å². The monoisotopic (exact) mass is 273 g/mol. The van der Waals surface area contributed by atoms with Gasteiger partial charge in [0, 0.05) is 12.5 Å². The van der Waals surface area contributed by atoms with E-state index in [1.54, 1.807) is 19.2 Å². The molecule has 1 aliphatic heterocycles. The number of nitrogens with zero attached hydrogens (tertiary/aromatic N) is 1. The molecule has 3 N–H and O–H groups in total. The lowest BCUT2D eigenvalue weighted by atomic mass is 9.76. The summed E-state index contributed by atoms with van der Waals surface area (Å²) in [7, 11) is 1.24. The Morgan fingerprint density at radius 1 is 1.20 bits per heavy atom. The minimum absolute atomic E-state index is 0.430. The Labute approximate surface area is 120 Å². The highest BCUT2D eigenvalue weighted by atomic mass is 16.7. The number of nitrogens with two attached hydrogens (primary N) is 1. The standard InChI is InChI=1S/C14H20BN3O2/c1-13(2)14(3,4)20-15(19-13)10-6-9(8-16)7-11(17)12(10)18-5/h6-7,18H,17H2,1-5H3. The molecule has 0 aromatic heterocycles. The van der Waals surface area contributed by atoms with Gasteiger partial charge in [-0.1, -0.05) is 0 Å². The van der Waals surface area contributed by atoms with Gasteiger partial charge in [0.05, 0.1) is 34.2 Å². The normalized spacial score (nSPS) is 19.7. The van der Waals surface area contributed by atoms with E-state index in [0.29, 0.717) is 11.3 Å². The van der Waals surface area contributed by atoms with Crippen molar-refractivity contribution in [3.63, 3.8) is 0 Å². The number of hydrogen-bond acceptors (Lipinski definition) is 5. The van der Waals surface area contributed by atoms with E-state index >= 15 is 0 Å². The lowest BCUT2D eigenvalue weighted by Crippen LogP contribution is -2.41. The summed E-state index contributed by atoms with van der Waals surface area (Å²) in [5.41, 5.74) is 7.62. The third kappa shape index (κ3) is 2.24. The maximum atomic E-state index is 9.09. The second-order valence-electron chi connectivity index (χ2n) is 5.98. The molecule has 6 heteroatoms. The van der Waals surface area contributed by atoms with Gasteiger partial charge >= 0.3 is 7.12 Å². The summed E-state index contributed by atoms with van der Waals surface area (Å²) in [6.07, 6.45) is 0. The number of nitriles is 1. The number of anilines is 2. The van der Waals surface area contributed by atoms with Crippen molar-refractivity contribution in [3.05, 3.63) is 17.7 Å². The maximum Gasteiger partial charge on any atom is 0.497 e. The predicted octanol–water partition coefficient (Wildman–Crippen LogP) is 1.48. The van der Waals surface area contributed by atoms with E-state index in [1.165, 1.54) is 0 Å². The first-order valence-electron chi connectivity index (χ1n) is 6.59. The van der Waals surface area contributed by atoms with Gasteiger partial charge in [0.2, 0.25) is 0 Å². The Bertz CT molecular complexity index is 563. The van der Waals surface area contributed by atoms with Crippen LogP contribution < -0.4 is 16.5 Å². The van der Waals surface area contributed by atoms with Crippen molar-refractivity contribution in [3.8, 4) is 6.07 Å². The van der Waals surface area contributed by atoms with Crippen molar-refractivity contribution in [1.82, 2.24) is 0 Å². The number of rotatable bonds is 2. The quantitative estimate of drug-likeness (QED) is 0.630. The first-order valence-corrected chi connectivity index (χ1v) is 6.59. The van der Waals surface area contributed by atoms with Crippen LogP contribution in [0, 0.1) is 11.3 Å². The second-order valence-corrected chi connectivity index (χ2v) is 5.98. The molecule has 1 saturated heterocycles. The highest BCUT2D eigenvalue weighted by molar-refractivity contribution is 6.64. The molecule has 0 unspecified atom stereocenters. The zero-order valence-corrected chi connectivity index (χ0v) is 12.6. The second kappa shape index (κ2) is 4.69. The molecular formula is C14H20BN3O2. The third-order valence-corrected chi connectivity index (χ3v) is 4.09. The average molecular weight is 273 g/mol. The van der Waals surface area contributed by atoms with Crippen LogP contribution in [0.15, 0.2) is 12.1 Å². The number of nitrogen functional groups attached to an aromatic ring is 1. The molecule has 0 radical (unpaired) electrons. The summed E-state index contributed by atoms with van der Waals surface area (Å²) < 4.78 is 12.0. The lowest BCUT2D eigenvalue weighted by molar-refractivity contribution is 0.00578. The van der Waals surface area contributed by atoms with Crippen molar-refractivity contribution in [1.29, 1.82) is 5.26 Å². The van der Waals surface area contributed by atoms with Gasteiger partial charge in [-0.05, 0) is 39.8 Å². The number of hydrogen-bond donors (Lipinski definition) is 2. The van der Waals surface area contributed by atoms with E-state index in [2.05, 4.69) is 11.4 Å². The summed E-state index contributed by atoms with van der Waals surface area (Å²) in [5.74, 6) is 0. The Kier molecular flexibility index (Phi) is 3.45. The van der Waals surface area contributed by atoms with Crippen LogP contribution in [0.1, 0.15) is 33.3 Å². The van der Waals surface area contributed by atoms with Crippen molar-refractivity contribution >= 4 is 24.0 Å². The summed E-state index contributed by atoms with van der Waals surface area (Å²) in [6, 6.07) is 5.50. The van der Waals surface area contributed by atoms with Gasteiger partial charge in [0.1, 0.15) is 0 Å². The van der Waals surface area contributed by atoms with Crippen LogP contribution in [-0.4, -0.2) is 25.4 Å². The summed E-state index contributed by atoms with van der Waals surface area (Å²) in [4.78, 5) is 0. The van der Waals surface area contributed by atoms with Crippen LogP contribution in [0.2, 0.25) is 0 Å². The van der Waals surface area contributed by atoms with Crippen LogP contribution in [0.25, 0.3) is 0 Å². The minimum Gasteiger partial charge on any atom is -0.399 e. The van der Waals surface area contributed by atoms with E-state index in [0.717, 1.165) is 11.2 Å². The smallest absolute Gasteiger partial charge is 0.399 e. The molecule has 1 aromatic carbocycles. The molecule has 2 rings (SSSR count). The van der Waals surface area contributed by atoms with Gasteiger partial charge in [-0.3, -0.25) is 0 Å². The van der Waals surface area contributed by atoms with Crippen molar-refractivity contribution in [2.45, 2.75) is 38.9 Å². The van der Waals surface area contributed by atoms with Gasteiger partial charge in [0.25, 0.3) is 0 Å². The Balaban J connectivity index is 2.49. The molecule has 1 aromatic rings. The molecule has 5 nitrogen and oxygen atoms in total. The number of benzene rings is 1. The fraction of sp³-hybridized carbons (Fsp3) is 0.500. The lowest BCUT2D eigenvalue weighted by Gasteiger charge is -2.32. The first-order chi connectivity index (χ1) is 9.21. The van der Waals surface area contributed by atoms with Crippen LogP contribution >= 0.6 is 0 Å². The Morgan fingerprint density at radius 2 is 1.75 bits per heavy atom. The predicted molar refractivity (Wildman–Crippen MR) is 80.8 cm³/mol. The summed E-state index contributed by atoms with van der Waals surface area (Å²) in [5, 5.41) is 12.1. The van der Waals surface area contributed by atoms with Gasteiger partial charge in [-0.2, -0.15) is 5.26 Å². The highest BCUT2D eigenvalue weighted by Gasteiger charge is 2.52. The largest absolute Gasteiger partial charge is 0.497 e. The molecule has 0 spiro atoms. The van der Waals surface area contributed by atoms with E-state index in [1.807, 2.05) is 27.7 Å². The third-order valence-electron chi connectivity index (χ3n) is 4.09. The molecule has 0 atom stereocenters. The van der Waals surface area contributed by atoms with Crippen LogP contribution in [-0.2, 0) is 9.31 Å². The fourth-order valence-corrected chi connectivity index (χ4v) is 2.20. The molecular weight excluding hydrogens is 253 g/mol. The maximum absolute atomic E-state index is 9.09. The zero-order valence-electron chi connectivity index (χ0n) is 12.6. The van der Waals surface area contributed by atoms with Crippen molar-refractivity contribution < 1.29 is 9.31 Å². The van der Waals surface area contributed by atoms with E-state index in [9.17, 15) is 0 Å². The molecule has 20 heavy (non-hydrogen) atoms. The van der Waals surface area contributed by atoms with E-state index < -0.39 is 18.3 Å². The van der Waals surface area contributed by atoms with Crippen LogP contribution in [0.3, 0.4) is 0 Å². The van der Waals surface area contributed by atoms with Crippen LogP contribution in [0.4, 0.5) is 11.4 Å². The number of nitrogens with one attached hydrogen (secondary N) is 1. The first kappa shape index (κ1) is 14.7. The molecule has 1 heterocycles. The Hall–Kier alpha value is -1.71. The van der Waals surface area contributed by atoms with Gasteiger partial charge in [-0.25, -0.2) is 0 Å². The minimum atomic E-state index is -0.543. The molecule has 0 aliphatic carbocycles. The molecule has 106 valence electrons. The highest BCUT2D eigenvalue weighted by Crippen LogP contribution is 2.37. The van der Waals surface area contributed by atoms with Gasteiger partial charge in [0.15, 0.2) is 0 Å². The molecule has 1 fully saturated rings. The van der Waals surface area contributed by atoms with Crippen molar-refractivity contribution in [2.75, 3.05) is 18.1 Å². The zero-order chi connectivity index (χ0) is 15.1. The Morgan fingerprint density at radius 3 is 2.20 bits per heavy atom. The summed E-state index contributed by atoms with van der Waals surface area (Å²) >= 11 is 0. The van der Waals surface area contributed by atoms with Crippen molar-refractivity contribution in [2.24, 2.45) is 0 Å². The molecule has 0 bridgehead atoms. The average Bonchev–Trinajstić information content (AvgIpc) is 2.57. The topological polar surface area (TPSA) is 80.3 Å².